The van der Waals surface area contributed by atoms with Gasteiger partial charge in [0, 0.05) is 11.6 Å². The maximum Gasteiger partial charge on any atom is 0.339 e. The van der Waals surface area contributed by atoms with E-state index in [-0.39, 0.29) is 18.6 Å². The number of nitrogens with one attached hydrogen (secondary N) is 1. The van der Waals surface area contributed by atoms with Crippen LogP contribution in [-0.4, -0.2) is 39.3 Å². The Bertz CT molecular complexity index is 1340. The third-order valence-corrected chi connectivity index (χ3v) is 6.41. The van der Waals surface area contributed by atoms with Crippen molar-refractivity contribution in [3.05, 3.63) is 78.0 Å². The van der Waals surface area contributed by atoms with Crippen molar-refractivity contribution in [2.75, 3.05) is 6.61 Å². The van der Waals surface area contributed by atoms with Crippen molar-refractivity contribution in [2.24, 2.45) is 0 Å². The molecule has 4 aromatic rings. The molecule has 7 heteroatoms. The molecule has 1 aliphatic rings. The van der Waals surface area contributed by atoms with Crippen LogP contribution >= 0.6 is 0 Å². The van der Waals surface area contributed by atoms with Crippen LogP contribution in [0.5, 0.6) is 0 Å². The van der Waals surface area contributed by atoms with Crippen molar-refractivity contribution < 1.29 is 14.3 Å². The molecule has 0 spiro atoms. The third kappa shape index (κ3) is 4.94. The second-order valence-corrected chi connectivity index (χ2v) is 8.93. The number of hydrogen-bond acceptors (Lipinski definition) is 5. The second-order valence-electron chi connectivity index (χ2n) is 8.93. The first-order chi connectivity index (χ1) is 17.1. The van der Waals surface area contributed by atoms with Gasteiger partial charge in [0.25, 0.3) is 5.91 Å². The Morgan fingerprint density at radius 1 is 1.00 bits per heavy atom. The van der Waals surface area contributed by atoms with Gasteiger partial charge in [-0.2, -0.15) is 5.10 Å². The van der Waals surface area contributed by atoms with Gasteiger partial charge >= 0.3 is 5.97 Å². The second kappa shape index (κ2) is 10.1. The number of hydrogen-bond donors (Lipinski definition) is 1. The number of carbonyl (C=O) groups is 2. The van der Waals surface area contributed by atoms with Crippen molar-refractivity contribution >= 4 is 22.9 Å². The molecule has 1 saturated carbocycles. The third-order valence-electron chi connectivity index (χ3n) is 6.41. The van der Waals surface area contributed by atoms with Gasteiger partial charge in [0.05, 0.1) is 28.0 Å². The molecule has 1 amide bonds. The maximum absolute atomic E-state index is 13.3. The highest BCUT2D eigenvalue weighted by Gasteiger charge is 2.23. The zero-order valence-corrected chi connectivity index (χ0v) is 19.7. The summed E-state index contributed by atoms with van der Waals surface area (Å²) in [4.78, 5) is 30.6. The minimum absolute atomic E-state index is 0.165. The molecule has 1 N–H and O–H groups in total. The summed E-state index contributed by atoms with van der Waals surface area (Å²) in [6.07, 6.45) is 5.39. The lowest BCUT2D eigenvalue weighted by atomic mass is 9.95. The van der Waals surface area contributed by atoms with E-state index in [1.54, 1.807) is 10.7 Å². The number of rotatable bonds is 6. The van der Waals surface area contributed by atoms with Crippen molar-refractivity contribution in [1.29, 1.82) is 0 Å². The normalized spacial score (nSPS) is 14.1. The molecule has 0 radical (unpaired) electrons. The van der Waals surface area contributed by atoms with Gasteiger partial charge < -0.3 is 10.1 Å². The van der Waals surface area contributed by atoms with Crippen LogP contribution in [-0.2, 0) is 9.53 Å². The van der Waals surface area contributed by atoms with Crippen LogP contribution in [0.3, 0.4) is 0 Å². The van der Waals surface area contributed by atoms with E-state index in [0.29, 0.717) is 28.0 Å². The summed E-state index contributed by atoms with van der Waals surface area (Å²) >= 11 is 0. The summed E-state index contributed by atoms with van der Waals surface area (Å²) in [6, 6.07) is 21.2. The van der Waals surface area contributed by atoms with E-state index < -0.39 is 5.97 Å². The Hall–Kier alpha value is -4.00. The fraction of sp³-hybridized carbons (Fsp3) is 0.286. The van der Waals surface area contributed by atoms with Crippen molar-refractivity contribution in [3.63, 3.8) is 0 Å². The SMILES string of the molecule is Cc1nn(-c2ccccc2)c2nc(-c3ccccc3)cc(C(=O)OCC(=O)NC3CCCCC3)c12. The number of pyridine rings is 1. The number of amides is 1. The molecule has 35 heavy (non-hydrogen) atoms. The molecule has 2 aromatic heterocycles. The smallest absolute Gasteiger partial charge is 0.339 e. The van der Waals surface area contributed by atoms with Crippen LogP contribution in [0, 0.1) is 6.92 Å². The number of aryl methyl sites for hydroxylation is 1. The number of benzene rings is 2. The molecule has 1 aliphatic carbocycles. The molecule has 1 fully saturated rings. The standard InChI is InChI=1S/C28H28N4O3/c1-19-26-23(28(34)35-18-25(33)29-21-13-7-3-8-14-21)17-24(20-11-5-2-6-12-20)30-27(26)32(31-19)22-15-9-4-10-16-22/h2,4-6,9-12,15-17,21H,3,7-8,13-14,18H2,1H3,(H,29,33). The van der Waals surface area contributed by atoms with Gasteiger partial charge in [-0.15, -0.1) is 0 Å². The summed E-state index contributed by atoms with van der Waals surface area (Å²) in [6.45, 7) is 1.53. The first-order valence-electron chi connectivity index (χ1n) is 12.1. The van der Waals surface area contributed by atoms with Gasteiger partial charge in [0.1, 0.15) is 0 Å². The number of carbonyl (C=O) groups excluding carboxylic acids is 2. The topological polar surface area (TPSA) is 86.1 Å². The van der Waals surface area contributed by atoms with Gasteiger partial charge in [-0.1, -0.05) is 67.8 Å². The average Bonchev–Trinajstić information content (AvgIpc) is 3.24. The minimum Gasteiger partial charge on any atom is -0.452 e. The van der Waals surface area contributed by atoms with Gasteiger partial charge in [-0.3, -0.25) is 4.79 Å². The highest BCUT2D eigenvalue weighted by Crippen LogP contribution is 2.29. The lowest BCUT2D eigenvalue weighted by molar-refractivity contribution is -0.125. The number of nitrogens with zero attached hydrogens (tertiary/aromatic N) is 3. The number of esters is 1. The summed E-state index contributed by atoms with van der Waals surface area (Å²) in [7, 11) is 0. The molecule has 0 aliphatic heterocycles. The Kier molecular flexibility index (Phi) is 6.57. The fourth-order valence-corrected chi connectivity index (χ4v) is 4.68. The number of para-hydroxylation sites is 1. The van der Waals surface area contributed by atoms with Gasteiger partial charge in [-0.25, -0.2) is 14.5 Å². The van der Waals surface area contributed by atoms with E-state index in [4.69, 9.17) is 9.72 Å². The Labute approximate surface area is 204 Å². The first kappa shape index (κ1) is 22.8. The van der Waals surface area contributed by atoms with Crippen LogP contribution in [0.1, 0.15) is 48.2 Å². The van der Waals surface area contributed by atoms with Crippen LogP contribution in [0.2, 0.25) is 0 Å². The zero-order chi connectivity index (χ0) is 24.2. The van der Waals surface area contributed by atoms with E-state index in [0.717, 1.165) is 36.9 Å². The highest BCUT2D eigenvalue weighted by atomic mass is 16.5. The lowest BCUT2D eigenvalue weighted by Crippen LogP contribution is -2.38. The zero-order valence-electron chi connectivity index (χ0n) is 19.7. The predicted octanol–water partition coefficient (Wildman–Crippen LogP) is 5.00. The van der Waals surface area contributed by atoms with Gasteiger partial charge in [0.15, 0.2) is 12.3 Å². The molecule has 178 valence electrons. The Morgan fingerprint density at radius 3 is 2.40 bits per heavy atom. The van der Waals surface area contributed by atoms with Crippen molar-refractivity contribution in [1.82, 2.24) is 20.1 Å². The van der Waals surface area contributed by atoms with E-state index in [2.05, 4.69) is 10.4 Å². The van der Waals surface area contributed by atoms with Crippen molar-refractivity contribution in [2.45, 2.75) is 45.1 Å². The summed E-state index contributed by atoms with van der Waals surface area (Å²) in [5, 5.41) is 8.29. The monoisotopic (exact) mass is 468 g/mol. The minimum atomic E-state index is -0.566. The molecule has 0 bridgehead atoms. The lowest BCUT2D eigenvalue weighted by Gasteiger charge is -2.22. The molecule has 7 nitrogen and oxygen atoms in total. The predicted molar refractivity (Wildman–Crippen MR) is 134 cm³/mol. The number of ether oxygens (including phenoxy) is 1. The van der Waals surface area contributed by atoms with E-state index in [1.807, 2.05) is 67.6 Å². The van der Waals surface area contributed by atoms with E-state index in [1.165, 1.54) is 6.42 Å². The number of fused-ring (bicyclic) bond motifs is 1. The molecular weight excluding hydrogens is 440 g/mol. The summed E-state index contributed by atoms with van der Waals surface area (Å²) in [5.41, 5.74) is 3.92. The number of aromatic nitrogens is 3. The molecule has 5 rings (SSSR count). The van der Waals surface area contributed by atoms with Crippen LogP contribution in [0.4, 0.5) is 0 Å². The molecule has 0 saturated heterocycles. The first-order valence-corrected chi connectivity index (χ1v) is 12.1. The molecule has 2 aromatic carbocycles. The Balaban J connectivity index is 1.49. The van der Waals surface area contributed by atoms with Gasteiger partial charge in [0.2, 0.25) is 0 Å². The maximum atomic E-state index is 13.3. The highest BCUT2D eigenvalue weighted by molar-refractivity contribution is 6.05. The average molecular weight is 469 g/mol. The largest absolute Gasteiger partial charge is 0.452 e. The molecule has 0 atom stereocenters. The molecular formula is C28H28N4O3. The molecule has 0 unspecified atom stereocenters. The van der Waals surface area contributed by atoms with E-state index >= 15 is 0 Å². The van der Waals surface area contributed by atoms with E-state index in [9.17, 15) is 9.59 Å². The van der Waals surface area contributed by atoms with Crippen LogP contribution < -0.4 is 5.32 Å². The molecule has 2 heterocycles. The quantitative estimate of drug-likeness (QED) is 0.403. The van der Waals surface area contributed by atoms with Crippen molar-refractivity contribution in [3.8, 4) is 16.9 Å². The summed E-state index contributed by atoms with van der Waals surface area (Å²) < 4.78 is 7.22. The summed E-state index contributed by atoms with van der Waals surface area (Å²) in [5.74, 6) is -0.834. The van der Waals surface area contributed by atoms with Gasteiger partial charge in [-0.05, 0) is 38.0 Å². The van der Waals surface area contributed by atoms with Crippen LogP contribution in [0.25, 0.3) is 28.0 Å². The Morgan fingerprint density at radius 2 is 1.69 bits per heavy atom. The fourth-order valence-electron chi connectivity index (χ4n) is 4.68. The van der Waals surface area contributed by atoms with Crippen LogP contribution in [0.15, 0.2) is 66.7 Å².